The summed E-state index contributed by atoms with van der Waals surface area (Å²) in [6, 6.07) is 5.89. The molecular formula is C17H17FN4O. The van der Waals surface area contributed by atoms with Crippen LogP contribution in [-0.4, -0.2) is 15.9 Å². The fraction of sp³-hybridized carbons (Fsp3) is 0.235. The summed E-state index contributed by atoms with van der Waals surface area (Å²) in [7, 11) is 0. The highest BCUT2D eigenvalue weighted by Crippen LogP contribution is 2.16. The summed E-state index contributed by atoms with van der Waals surface area (Å²) in [6.07, 6.45) is 1.53. The summed E-state index contributed by atoms with van der Waals surface area (Å²) in [5, 5.41) is 2.72. The number of pyridine rings is 2. The van der Waals surface area contributed by atoms with E-state index >= 15 is 0 Å². The highest BCUT2D eigenvalue weighted by Gasteiger charge is 2.21. The number of nitrogen functional groups attached to an aromatic ring is 1. The van der Waals surface area contributed by atoms with Gasteiger partial charge in [-0.3, -0.25) is 4.79 Å². The summed E-state index contributed by atoms with van der Waals surface area (Å²) in [4.78, 5) is 19.7. The molecule has 0 atom stereocenters. The first-order chi connectivity index (χ1) is 10.8. The first-order valence-electron chi connectivity index (χ1n) is 6.97. The molecule has 0 radical (unpaired) electrons. The predicted octanol–water partition coefficient (Wildman–Crippen LogP) is 2.58. The van der Waals surface area contributed by atoms with Gasteiger partial charge in [-0.15, -0.1) is 0 Å². The van der Waals surface area contributed by atoms with Gasteiger partial charge in [0.05, 0.1) is 5.69 Å². The zero-order chi connectivity index (χ0) is 17.0. The SMILES string of the molecule is CC(C)(C)C(=O)Nc1cc(C#Cc2nc(F)ccc2N)ccn1. The lowest BCUT2D eigenvalue weighted by atomic mass is 9.96. The van der Waals surface area contributed by atoms with Gasteiger partial charge < -0.3 is 11.1 Å². The lowest BCUT2D eigenvalue weighted by Gasteiger charge is -2.17. The van der Waals surface area contributed by atoms with E-state index in [2.05, 4.69) is 27.1 Å². The standard InChI is InChI=1S/C17H17FN4O/c1-17(2,3)16(23)22-15-10-11(8-9-20-15)4-6-13-12(19)5-7-14(18)21-13/h5,7-10H,19H2,1-3H3,(H,20,22,23). The average molecular weight is 312 g/mol. The number of nitrogens with zero attached hydrogens (tertiary/aromatic N) is 2. The Kier molecular flexibility index (Phi) is 4.60. The lowest BCUT2D eigenvalue weighted by Crippen LogP contribution is -2.28. The molecule has 0 aromatic carbocycles. The summed E-state index contributed by atoms with van der Waals surface area (Å²) in [5.41, 5.74) is 6.25. The Bertz CT molecular complexity index is 800. The summed E-state index contributed by atoms with van der Waals surface area (Å²) in [5.74, 6) is 5.16. The van der Waals surface area contributed by atoms with Crippen molar-refractivity contribution in [2.24, 2.45) is 5.41 Å². The lowest BCUT2D eigenvalue weighted by molar-refractivity contribution is -0.123. The van der Waals surface area contributed by atoms with Crippen LogP contribution in [0.1, 0.15) is 32.0 Å². The van der Waals surface area contributed by atoms with Crippen LogP contribution in [0.5, 0.6) is 0 Å². The summed E-state index contributed by atoms with van der Waals surface area (Å²) in [6.45, 7) is 5.43. The van der Waals surface area contributed by atoms with Crippen LogP contribution in [0, 0.1) is 23.2 Å². The number of carbonyl (C=O) groups is 1. The van der Waals surface area contributed by atoms with Crippen LogP contribution in [0.25, 0.3) is 0 Å². The highest BCUT2D eigenvalue weighted by molar-refractivity contribution is 5.93. The van der Waals surface area contributed by atoms with Gasteiger partial charge in [0.1, 0.15) is 11.5 Å². The molecule has 118 valence electrons. The van der Waals surface area contributed by atoms with E-state index in [0.29, 0.717) is 17.1 Å². The molecule has 3 N–H and O–H groups in total. The zero-order valence-corrected chi connectivity index (χ0v) is 13.1. The van der Waals surface area contributed by atoms with Gasteiger partial charge in [0.2, 0.25) is 11.9 Å². The van der Waals surface area contributed by atoms with Crippen LogP contribution in [0.2, 0.25) is 0 Å². The molecule has 6 heteroatoms. The van der Waals surface area contributed by atoms with Crippen molar-refractivity contribution < 1.29 is 9.18 Å². The average Bonchev–Trinajstić information content (AvgIpc) is 2.47. The smallest absolute Gasteiger partial charge is 0.230 e. The molecule has 0 aliphatic carbocycles. The number of nitrogens with two attached hydrogens (primary N) is 1. The van der Waals surface area contributed by atoms with Gasteiger partial charge in [-0.1, -0.05) is 26.7 Å². The molecule has 1 amide bonds. The number of aromatic nitrogens is 2. The molecule has 2 rings (SSSR count). The van der Waals surface area contributed by atoms with Crippen molar-refractivity contribution in [3.63, 3.8) is 0 Å². The third kappa shape index (κ3) is 4.51. The van der Waals surface area contributed by atoms with Crippen molar-refractivity contribution in [3.8, 4) is 11.8 Å². The van der Waals surface area contributed by atoms with E-state index < -0.39 is 11.4 Å². The van der Waals surface area contributed by atoms with E-state index in [4.69, 9.17) is 5.73 Å². The molecule has 0 bridgehead atoms. The van der Waals surface area contributed by atoms with E-state index in [9.17, 15) is 9.18 Å². The molecule has 0 aliphatic rings. The van der Waals surface area contributed by atoms with Crippen molar-refractivity contribution in [2.45, 2.75) is 20.8 Å². The third-order valence-electron chi connectivity index (χ3n) is 2.90. The molecule has 2 aromatic heterocycles. The largest absolute Gasteiger partial charge is 0.396 e. The Morgan fingerprint density at radius 3 is 2.70 bits per heavy atom. The van der Waals surface area contributed by atoms with Crippen molar-refractivity contribution in [2.75, 3.05) is 11.1 Å². The Balaban J connectivity index is 2.23. The third-order valence-corrected chi connectivity index (χ3v) is 2.90. The maximum Gasteiger partial charge on any atom is 0.230 e. The molecular weight excluding hydrogens is 295 g/mol. The maximum atomic E-state index is 13.1. The van der Waals surface area contributed by atoms with Gasteiger partial charge in [-0.05, 0) is 30.2 Å². The first kappa shape index (κ1) is 16.4. The normalized spacial score (nSPS) is 10.6. The number of halogens is 1. The summed E-state index contributed by atoms with van der Waals surface area (Å²) >= 11 is 0. The van der Waals surface area contributed by atoms with Gasteiger partial charge in [0.25, 0.3) is 0 Å². The molecule has 0 unspecified atom stereocenters. The zero-order valence-electron chi connectivity index (χ0n) is 13.1. The highest BCUT2D eigenvalue weighted by atomic mass is 19.1. The molecule has 0 saturated heterocycles. The monoisotopic (exact) mass is 312 g/mol. The van der Waals surface area contributed by atoms with E-state index in [1.54, 1.807) is 12.1 Å². The minimum absolute atomic E-state index is 0.147. The molecule has 2 heterocycles. The van der Waals surface area contributed by atoms with Crippen molar-refractivity contribution >= 4 is 17.4 Å². The fourth-order valence-corrected chi connectivity index (χ4v) is 1.56. The van der Waals surface area contributed by atoms with Crippen LogP contribution in [0.15, 0.2) is 30.5 Å². The number of amides is 1. The van der Waals surface area contributed by atoms with E-state index in [1.165, 1.54) is 18.3 Å². The number of anilines is 2. The minimum atomic E-state index is -0.642. The molecule has 0 spiro atoms. The Morgan fingerprint density at radius 2 is 2.00 bits per heavy atom. The topological polar surface area (TPSA) is 80.9 Å². The second kappa shape index (κ2) is 6.44. The van der Waals surface area contributed by atoms with E-state index in [-0.39, 0.29) is 11.6 Å². The second-order valence-corrected chi connectivity index (χ2v) is 5.96. The van der Waals surface area contributed by atoms with Gasteiger partial charge >= 0.3 is 0 Å². The Morgan fingerprint density at radius 1 is 1.26 bits per heavy atom. The maximum absolute atomic E-state index is 13.1. The molecule has 0 fully saturated rings. The first-order valence-corrected chi connectivity index (χ1v) is 6.97. The van der Waals surface area contributed by atoms with Gasteiger partial charge in [0, 0.05) is 17.2 Å². The number of rotatable bonds is 1. The number of carbonyl (C=O) groups excluding carboxylic acids is 1. The molecule has 2 aromatic rings. The van der Waals surface area contributed by atoms with E-state index in [0.717, 1.165) is 0 Å². The van der Waals surface area contributed by atoms with Crippen LogP contribution in [-0.2, 0) is 4.79 Å². The Labute approximate surface area is 134 Å². The van der Waals surface area contributed by atoms with Gasteiger partial charge in [0.15, 0.2) is 0 Å². The van der Waals surface area contributed by atoms with Crippen LogP contribution in [0.3, 0.4) is 0 Å². The van der Waals surface area contributed by atoms with Gasteiger partial charge in [-0.2, -0.15) is 4.39 Å². The minimum Gasteiger partial charge on any atom is -0.396 e. The van der Waals surface area contributed by atoms with Crippen LogP contribution < -0.4 is 11.1 Å². The molecule has 5 nitrogen and oxygen atoms in total. The van der Waals surface area contributed by atoms with Crippen molar-refractivity contribution in [1.29, 1.82) is 0 Å². The van der Waals surface area contributed by atoms with Gasteiger partial charge in [-0.25, -0.2) is 9.97 Å². The number of hydrogen-bond acceptors (Lipinski definition) is 4. The van der Waals surface area contributed by atoms with E-state index in [1.807, 2.05) is 20.8 Å². The fourth-order valence-electron chi connectivity index (χ4n) is 1.56. The second-order valence-electron chi connectivity index (χ2n) is 5.96. The molecule has 0 saturated carbocycles. The molecule has 0 aliphatic heterocycles. The van der Waals surface area contributed by atoms with Crippen molar-refractivity contribution in [1.82, 2.24) is 9.97 Å². The predicted molar refractivity (Wildman–Crippen MR) is 86.9 cm³/mol. The Hall–Kier alpha value is -2.94. The molecule has 23 heavy (non-hydrogen) atoms. The number of nitrogens with one attached hydrogen (secondary N) is 1. The van der Waals surface area contributed by atoms with Crippen molar-refractivity contribution in [3.05, 3.63) is 47.7 Å². The summed E-state index contributed by atoms with van der Waals surface area (Å²) < 4.78 is 13.1. The van der Waals surface area contributed by atoms with Crippen LogP contribution in [0.4, 0.5) is 15.9 Å². The number of hydrogen-bond donors (Lipinski definition) is 2. The van der Waals surface area contributed by atoms with Crippen LogP contribution >= 0.6 is 0 Å². The quantitative estimate of drug-likeness (QED) is 0.626.